The number of amides is 1. The van der Waals surface area contributed by atoms with Crippen molar-refractivity contribution in [2.45, 2.75) is 19.1 Å². The fraction of sp³-hybridized carbons (Fsp3) is 0.462. The number of hydrogen-bond acceptors (Lipinski definition) is 4. The van der Waals surface area contributed by atoms with Gasteiger partial charge in [-0.2, -0.15) is 0 Å². The average molecular weight is 318 g/mol. The molecule has 0 aromatic heterocycles. The average Bonchev–Trinajstić information content (AvgIpc) is 2.65. The Hall–Kier alpha value is -1.11. The van der Waals surface area contributed by atoms with Gasteiger partial charge in [-0.15, -0.1) is 11.6 Å². The molecule has 2 atom stereocenters. The normalized spacial score (nSPS) is 24.6. The van der Waals surface area contributed by atoms with Gasteiger partial charge in [-0.1, -0.05) is 18.2 Å². The second kappa shape index (κ2) is 5.71. The van der Waals surface area contributed by atoms with Crippen molar-refractivity contribution in [3.05, 3.63) is 29.8 Å². The second-order valence-corrected chi connectivity index (χ2v) is 7.32. The van der Waals surface area contributed by atoms with Gasteiger partial charge < -0.3 is 10.0 Å². The van der Waals surface area contributed by atoms with Gasteiger partial charge in [-0.05, 0) is 18.6 Å². The lowest BCUT2D eigenvalue weighted by Gasteiger charge is -2.31. The molecule has 1 heterocycles. The van der Waals surface area contributed by atoms with Gasteiger partial charge in [0, 0.05) is 5.69 Å². The van der Waals surface area contributed by atoms with E-state index in [1.165, 1.54) is 4.90 Å². The van der Waals surface area contributed by atoms with Crippen LogP contribution in [0, 0.1) is 6.92 Å². The highest BCUT2D eigenvalue weighted by Crippen LogP contribution is 2.27. The van der Waals surface area contributed by atoms with E-state index in [0.29, 0.717) is 5.69 Å². The largest absolute Gasteiger partial charge is 0.390 e. The number of para-hydroxylation sites is 1. The van der Waals surface area contributed by atoms with Crippen LogP contribution in [-0.4, -0.2) is 49.0 Å². The molecular formula is C13H16ClNO4S. The van der Waals surface area contributed by atoms with E-state index >= 15 is 0 Å². The van der Waals surface area contributed by atoms with Crippen LogP contribution in [0.25, 0.3) is 0 Å². The first kappa shape index (κ1) is 15.3. The van der Waals surface area contributed by atoms with Crippen molar-refractivity contribution in [2.75, 3.05) is 22.3 Å². The summed E-state index contributed by atoms with van der Waals surface area (Å²) in [7, 11) is -3.34. The van der Waals surface area contributed by atoms with Crippen LogP contribution < -0.4 is 4.90 Å². The van der Waals surface area contributed by atoms with Gasteiger partial charge in [0.1, 0.15) is 5.88 Å². The van der Waals surface area contributed by atoms with E-state index in [1.807, 2.05) is 19.1 Å². The summed E-state index contributed by atoms with van der Waals surface area (Å²) in [6, 6.07) is 6.33. The topological polar surface area (TPSA) is 74.7 Å². The monoisotopic (exact) mass is 317 g/mol. The van der Waals surface area contributed by atoms with Crippen LogP contribution in [0.1, 0.15) is 5.56 Å². The summed E-state index contributed by atoms with van der Waals surface area (Å²) in [4.78, 5) is 13.4. The van der Waals surface area contributed by atoms with Gasteiger partial charge >= 0.3 is 0 Å². The molecule has 0 aliphatic carbocycles. The number of alkyl halides is 1. The predicted molar refractivity (Wildman–Crippen MR) is 77.8 cm³/mol. The highest BCUT2D eigenvalue weighted by Gasteiger charge is 2.42. The van der Waals surface area contributed by atoms with E-state index in [1.54, 1.807) is 12.1 Å². The molecule has 0 unspecified atom stereocenters. The first-order valence-electron chi connectivity index (χ1n) is 6.18. The van der Waals surface area contributed by atoms with Crippen molar-refractivity contribution in [1.82, 2.24) is 0 Å². The molecule has 0 spiro atoms. The quantitative estimate of drug-likeness (QED) is 0.834. The van der Waals surface area contributed by atoms with Gasteiger partial charge in [0.25, 0.3) is 0 Å². The molecule has 5 nitrogen and oxygen atoms in total. The minimum absolute atomic E-state index is 0.245. The van der Waals surface area contributed by atoms with Crippen LogP contribution in [0.15, 0.2) is 24.3 Å². The van der Waals surface area contributed by atoms with Crippen molar-refractivity contribution in [1.29, 1.82) is 0 Å². The third kappa shape index (κ3) is 2.97. The Labute approximate surface area is 123 Å². The Morgan fingerprint density at radius 2 is 2.05 bits per heavy atom. The lowest BCUT2D eigenvalue weighted by Crippen LogP contribution is -2.48. The number of carbonyl (C=O) groups is 1. The number of hydrogen-bond donors (Lipinski definition) is 1. The van der Waals surface area contributed by atoms with Gasteiger partial charge in [-0.3, -0.25) is 4.79 Å². The van der Waals surface area contributed by atoms with Crippen LogP contribution in [0.4, 0.5) is 5.69 Å². The van der Waals surface area contributed by atoms with Gasteiger partial charge in [0.05, 0.1) is 23.7 Å². The van der Waals surface area contributed by atoms with E-state index in [0.717, 1.165) is 5.56 Å². The van der Waals surface area contributed by atoms with Crippen LogP contribution in [0.5, 0.6) is 0 Å². The summed E-state index contributed by atoms with van der Waals surface area (Å²) < 4.78 is 23.3. The molecule has 1 N–H and O–H groups in total. The second-order valence-electron chi connectivity index (χ2n) is 4.90. The number of rotatable bonds is 3. The van der Waals surface area contributed by atoms with E-state index in [-0.39, 0.29) is 17.4 Å². The van der Waals surface area contributed by atoms with Gasteiger partial charge in [-0.25, -0.2) is 8.42 Å². The molecule has 1 saturated heterocycles. The molecule has 1 aromatic carbocycles. The lowest BCUT2D eigenvalue weighted by atomic mass is 10.1. The summed E-state index contributed by atoms with van der Waals surface area (Å²) in [5, 5.41) is 9.98. The molecule has 7 heteroatoms. The zero-order chi connectivity index (χ0) is 14.9. The van der Waals surface area contributed by atoms with Crippen molar-refractivity contribution < 1.29 is 18.3 Å². The van der Waals surface area contributed by atoms with Crippen LogP contribution in [-0.2, 0) is 14.6 Å². The number of aliphatic hydroxyl groups excluding tert-OH is 1. The summed E-state index contributed by atoms with van der Waals surface area (Å²) >= 11 is 5.62. The van der Waals surface area contributed by atoms with Crippen LogP contribution in [0.2, 0.25) is 0 Å². The SMILES string of the molecule is Cc1ccccc1N(C(=O)CCl)[C@@H]1CS(=O)(=O)C[C@H]1O. The van der Waals surface area contributed by atoms with Crippen molar-refractivity contribution in [2.24, 2.45) is 0 Å². The van der Waals surface area contributed by atoms with Gasteiger partial charge in [0.15, 0.2) is 9.84 Å². The fourth-order valence-electron chi connectivity index (χ4n) is 2.45. The van der Waals surface area contributed by atoms with E-state index in [4.69, 9.17) is 11.6 Å². The minimum Gasteiger partial charge on any atom is -0.390 e. The number of aliphatic hydroxyl groups is 1. The molecule has 1 fully saturated rings. The third-order valence-corrected chi connectivity index (χ3v) is 5.31. The highest BCUT2D eigenvalue weighted by atomic mass is 35.5. The lowest BCUT2D eigenvalue weighted by molar-refractivity contribution is -0.117. The first-order chi connectivity index (χ1) is 9.35. The summed E-state index contributed by atoms with van der Waals surface area (Å²) in [5.74, 6) is -1.25. The molecule has 1 aromatic rings. The van der Waals surface area contributed by atoms with E-state index < -0.39 is 27.9 Å². The number of carbonyl (C=O) groups excluding carboxylic acids is 1. The third-order valence-electron chi connectivity index (χ3n) is 3.38. The molecule has 0 bridgehead atoms. The molecule has 2 rings (SSSR count). The summed E-state index contributed by atoms with van der Waals surface area (Å²) in [6.07, 6.45) is -1.09. The zero-order valence-corrected chi connectivity index (χ0v) is 12.6. The maximum atomic E-state index is 12.1. The first-order valence-corrected chi connectivity index (χ1v) is 8.53. The van der Waals surface area contributed by atoms with Crippen LogP contribution in [0.3, 0.4) is 0 Å². The smallest absolute Gasteiger partial charge is 0.242 e. The maximum absolute atomic E-state index is 12.1. The number of benzene rings is 1. The van der Waals surface area contributed by atoms with Gasteiger partial charge in [0.2, 0.25) is 5.91 Å². The fourth-order valence-corrected chi connectivity index (χ4v) is 4.35. The summed E-state index contributed by atoms with van der Waals surface area (Å²) in [6.45, 7) is 1.82. The Bertz CT molecular complexity index is 617. The molecule has 20 heavy (non-hydrogen) atoms. The molecular weight excluding hydrogens is 302 g/mol. The molecule has 110 valence electrons. The summed E-state index contributed by atoms with van der Waals surface area (Å²) in [5.41, 5.74) is 1.40. The van der Waals surface area contributed by atoms with E-state index in [2.05, 4.69) is 0 Å². The van der Waals surface area contributed by atoms with Crippen LogP contribution >= 0.6 is 11.6 Å². The molecule has 1 aliphatic rings. The van der Waals surface area contributed by atoms with Crippen molar-refractivity contribution in [3.63, 3.8) is 0 Å². The molecule has 0 radical (unpaired) electrons. The Morgan fingerprint density at radius 3 is 2.55 bits per heavy atom. The molecule has 1 aliphatic heterocycles. The predicted octanol–water partition coefficient (Wildman–Crippen LogP) is 0.725. The zero-order valence-electron chi connectivity index (χ0n) is 11.0. The molecule has 0 saturated carbocycles. The number of nitrogens with zero attached hydrogens (tertiary/aromatic N) is 1. The van der Waals surface area contributed by atoms with Crippen molar-refractivity contribution in [3.8, 4) is 0 Å². The minimum atomic E-state index is -3.34. The number of halogens is 1. The number of sulfone groups is 1. The Balaban J connectivity index is 2.45. The Kier molecular flexibility index (Phi) is 4.36. The Morgan fingerprint density at radius 1 is 1.40 bits per heavy atom. The standard InChI is InChI=1S/C13H16ClNO4S/c1-9-4-2-3-5-10(9)15(13(17)6-14)11-7-20(18,19)8-12(11)16/h2-5,11-12,16H,6-8H2,1H3/t11-,12-/m1/s1. The van der Waals surface area contributed by atoms with Crippen molar-refractivity contribution >= 4 is 33.0 Å². The number of anilines is 1. The molecule has 1 amide bonds. The highest BCUT2D eigenvalue weighted by molar-refractivity contribution is 7.91. The van der Waals surface area contributed by atoms with E-state index in [9.17, 15) is 18.3 Å². The number of aryl methyl sites for hydroxylation is 1. The maximum Gasteiger partial charge on any atom is 0.242 e.